The number of likely N-dealkylation sites (tertiary alicyclic amines) is 1. The molecule has 3 saturated carbocycles. The fourth-order valence-electron chi connectivity index (χ4n) is 9.30. The summed E-state index contributed by atoms with van der Waals surface area (Å²) in [7, 11) is -3.89. The minimum atomic E-state index is -3.89. The van der Waals surface area contributed by atoms with Gasteiger partial charge < -0.3 is 31.1 Å². The number of nitrogens with zero attached hydrogens (tertiary/aromatic N) is 1. The minimum absolute atomic E-state index is 0.0680. The van der Waals surface area contributed by atoms with Crippen LogP contribution in [-0.2, 0) is 30.8 Å². The van der Waals surface area contributed by atoms with Gasteiger partial charge in [-0.25, -0.2) is 13.2 Å². The Balaban J connectivity index is 1.17. The molecule has 4 amide bonds. The van der Waals surface area contributed by atoms with E-state index in [0.29, 0.717) is 37.5 Å². The van der Waals surface area contributed by atoms with Crippen LogP contribution in [0.5, 0.6) is 5.75 Å². The predicted octanol–water partition coefficient (Wildman–Crippen LogP) is 5.16. The molecular formula is C43H60N4O8S. The van der Waals surface area contributed by atoms with Crippen molar-refractivity contribution >= 4 is 33.5 Å². The van der Waals surface area contributed by atoms with Gasteiger partial charge in [0.05, 0.1) is 22.2 Å². The summed E-state index contributed by atoms with van der Waals surface area (Å²) in [6, 6.07) is 13.6. The highest BCUT2D eigenvalue weighted by atomic mass is 32.2. The molecule has 5 N–H and O–H groups in total. The third-order valence-electron chi connectivity index (χ3n) is 12.8. The number of sulfone groups is 1. The van der Waals surface area contributed by atoms with Crippen molar-refractivity contribution in [2.24, 2.45) is 40.2 Å². The summed E-state index contributed by atoms with van der Waals surface area (Å²) < 4.78 is 34.0. The van der Waals surface area contributed by atoms with Crippen LogP contribution in [0, 0.1) is 34.5 Å². The Bertz CT molecular complexity index is 1880. The van der Waals surface area contributed by atoms with E-state index >= 15 is 0 Å². The van der Waals surface area contributed by atoms with Crippen LogP contribution in [0.25, 0.3) is 0 Å². The first-order valence-electron chi connectivity index (χ1n) is 20.2. The highest BCUT2D eigenvalue weighted by Crippen LogP contribution is 2.65. The number of carbonyl (C=O) groups is 4. The van der Waals surface area contributed by atoms with Crippen molar-refractivity contribution in [2.75, 3.05) is 12.3 Å². The summed E-state index contributed by atoms with van der Waals surface area (Å²) in [5.41, 5.74) is 4.43. The number of benzene rings is 2. The Hall–Kier alpha value is -3.97. The molecule has 3 unspecified atom stereocenters. The van der Waals surface area contributed by atoms with Gasteiger partial charge in [-0.05, 0) is 71.6 Å². The van der Waals surface area contributed by atoms with Gasteiger partial charge in [-0.3, -0.25) is 14.4 Å². The van der Waals surface area contributed by atoms with Gasteiger partial charge in [0.15, 0.2) is 15.6 Å². The molecule has 3 aliphatic carbocycles. The number of amides is 4. The van der Waals surface area contributed by atoms with Crippen molar-refractivity contribution < 1.29 is 37.4 Å². The molecule has 2 aromatic carbocycles. The number of nitrogens with one attached hydrogen (secondary N) is 2. The molecular weight excluding hydrogens is 733 g/mol. The maximum absolute atomic E-state index is 14.6. The van der Waals surface area contributed by atoms with Crippen molar-refractivity contribution in [2.45, 2.75) is 128 Å². The molecule has 0 radical (unpaired) electrons. The lowest BCUT2D eigenvalue weighted by molar-refractivity contribution is -0.144. The molecule has 1 aliphatic heterocycles. The minimum Gasteiger partial charge on any atom is -0.489 e. The summed E-state index contributed by atoms with van der Waals surface area (Å²) in [4.78, 5) is 56.5. The van der Waals surface area contributed by atoms with E-state index in [1.807, 2.05) is 51.1 Å². The number of aliphatic hydroxyl groups is 1. The lowest BCUT2D eigenvalue weighted by atomic mass is 9.83. The SMILES string of the molecule is CC(C)(C)[C@H](NC(=O)NC1(CS(=O)(=O)c2cccc(OCc3ccccc3)c2)CCCCC1)C(=O)N1CC2[C@@H]([C@H]1C(=O)CC(CC1CC1)C(O)C(N)=O)C2(C)C. The van der Waals surface area contributed by atoms with Crippen LogP contribution in [0.4, 0.5) is 4.79 Å². The normalized spacial score (nSPS) is 24.2. The molecule has 56 heavy (non-hydrogen) atoms. The molecule has 2 aromatic rings. The van der Waals surface area contributed by atoms with Crippen molar-refractivity contribution in [1.82, 2.24) is 15.5 Å². The predicted molar refractivity (Wildman–Crippen MR) is 212 cm³/mol. The fraction of sp³-hybridized carbons (Fsp3) is 0.628. The van der Waals surface area contributed by atoms with Crippen molar-refractivity contribution in [3.05, 3.63) is 60.2 Å². The van der Waals surface area contributed by atoms with Crippen LogP contribution in [0.2, 0.25) is 0 Å². The molecule has 0 bridgehead atoms. The molecule has 0 aromatic heterocycles. The number of fused-ring (bicyclic) bond motifs is 1. The van der Waals surface area contributed by atoms with Gasteiger partial charge in [-0.2, -0.15) is 0 Å². The van der Waals surface area contributed by atoms with E-state index in [-0.39, 0.29) is 52.6 Å². The summed E-state index contributed by atoms with van der Waals surface area (Å²) in [6.07, 6.45) is 4.26. The van der Waals surface area contributed by atoms with E-state index < -0.39 is 56.8 Å². The van der Waals surface area contributed by atoms with Gasteiger partial charge in [0, 0.05) is 18.9 Å². The van der Waals surface area contributed by atoms with Crippen LogP contribution in [-0.4, -0.2) is 78.1 Å². The second kappa shape index (κ2) is 16.1. The number of aliphatic hydroxyl groups excluding tert-OH is 1. The van der Waals surface area contributed by atoms with Gasteiger partial charge in [0.25, 0.3) is 0 Å². The zero-order valence-corrected chi connectivity index (χ0v) is 34.3. The van der Waals surface area contributed by atoms with E-state index in [1.54, 1.807) is 17.0 Å². The van der Waals surface area contributed by atoms with E-state index in [2.05, 4.69) is 24.5 Å². The average Bonchev–Trinajstić information content (AvgIpc) is 3.99. The maximum atomic E-state index is 14.6. The quantitative estimate of drug-likeness (QED) is 0.180. The highest BCUT2D eigenvalue weighted by molar-refractivity contribution is 7.91. The second-order valence-corrected chi connectivity index (χ2v) is 20.6. The number of primary amides is 1. The molecule has 4 aliphatic rings. The number of Topliss-reactive ketones (excluding diaryl/α,β-unsaturated/α-hetero) is 1. The topological polar surface area (TPSA) is 185 Å². The number of rotatable bonds is 16. The Morgan fingerprint density at radius 1 is 1.00 bits per heavy atom. The Labute approximate surface area is 331 Å². The van der Waals surface area contributed by atoms with Crippen molar-refractivity contribution in [1.29, 1.82) is 0 Å². The van der Waals surface area contributed by atoms with E-state index in [0.717, 1.165) is 37.7 Å². The molecule has 0 spiro atoms. The lowest BCUT2D eigenvalue weighted by Crippen LogP contribution is -2.63. The number of ketones is 1. The van der Waals surface area contributed by atoms with Crippen LogP contribution in [0.1, 0.15) is 98.0 Å². The lowest BCUT2D eigenvalue weighted by Gasteiger charge is -2.40. The number of nitrogens with two attached hydrogens (primary N) is 1. The van der Waals surface area contributed by atoms with Crippen molar-refractivity contribution in [3.63, 3.8) is 0 Å². The molecule has 306 valence electrons. The standard InChI is InChI=1S/C43H60N4O8S/c1-41(2,3)37(39(51)47-24-32-34(42(32,4)5)35(47)33(48)22-29(21-27-17-18-27)36(49)38(44)50)45-40(52)46-43(19-10-7-11-20-43)26-56(53,54)31-16-12-15-30(23-31)55-25-28-13-8-6-9-14-28/h6,8-9,12-16,23,27,29,32,34-37,49H,7,10-11,17-22,24-26H2,1-5H3,(H2,44,50)(H2,45,46,52)/t29?,32?,34-,35+,36?,37+/m0/s1. The number of piperidine rings is 1. The maximum Gasteiger partial charge on any atom is 0.315 e. The zero-order valence-electron chi connectivity index (χ0n) is 33.5. The van der Waals surface area contributed by atoms with E-state index in [1.165, 1.54) is 12.1 Å². The van der Waals surface area contributed by atoms with Gasteiger partial charge in [-0.1, -0.05) is 103 Å². The molecule has 12 nitrogen and oxygen atoms in total. The summed E-state index contributed by atoms with van der Waals surface area (Å²) >= 11 is 0. The molecule has 6 rings (SSSR count). The van der Waals surface area contributed by atoms with Crippen LogP contribution >= 0.6 is 0 Å². The Morgan fingerprint density at radius 3 is 2.30 bits per heavy atom. The molecule has 1 saturated heterocycles. The van der Waals surface area contributed by atoms with Crippen molar-refractivity contribution in [3.8, 4) is 5.75 Å². The van der Waals surface area contributed by atoms with Gasteiger partial charge in [-0.15, -0.1) is 0 Å². The highest BCUT2D eigenvalue weighted by Gasteiger charge is 2.69. The first-order valence-corrected chi connectivity index (χ1v) is 21.9. The van der Waals surface area contributed by atoms with Crippen LogP contribution in [0.15, 0.2) is 59.5 Å². The van der Waals surface area contributed by atoms with Gasteiger partial charge in [0.1, 0.15) is 24.5 Å². The Kier molecular flexibility index (Phi) is 12.0. The fourth-order valence-corrected chi connectivity index (χ4v) is 11.1. The largest absolute Gasteiger partial charge is 0.489 e. The number of hydrogen-bond donors (Lipinski definition) is 4. The third kappa shape index (κ3) is 9.41. The van der Waals surface area contributed by atoms with Gasteiger partial charge in [0.2, 0.25) is 11.8 Å². The first kappa shape index (κ1) is 41.7. The first-order chi connectivity index (χ1) is 26.3. The number of carbonyl (C=O) groups excluding carboxylic acids is 4. The average molecular weight is 793 g/mol. The van der Waals surface area contributed by atoms with E-state index in [9.17, 15) is 32.7 Å². The monoisotopic (exact) mass is 792 g/mol. The second-order valence-electron chi connectivity index (χ2n) is 18.6. The Morgan fingerprint density at radius 2 is 1.68 bits per heavy atom. The number of urea groups is 1. The van der Waals surface area contributed by atoms with Gasteiger partial charge >= 0.3 is 6.03 Å². The smallest absolute Gasteiger partial charge is 0.315 e. The van der Waals surface area contributed by atoms with Crippen LogP contribution < -0.4 is 21.1 Å². The van der Waals surface area contributed by atoms with E-state index in [4.69, 9.17) is 10.5 Å². The summed E-state index contributed by atoms with van der Waals surface area (Å²) in [5, 5.41) is 16.6. The molecule has 13 heteroatoms. The molecule has 4 fully saturated rings. The third-order valence-corrected chi connectivity index (χ3v) is 14.7. The van der Waals surface area contributed by atoms with Crippen LogP contribution in [0.3, 0.4) is 0 Å². The summed E-state index contributed by atoms with van der Waals surface area (Å²) in [5.74, 6) is -1.62. The molecule has 6 atom stereocenters. The summed E-state index contributed by atoms with van der Waals surface area (Å²) in [6.45, 7) is 10.3. The number of hydrogen-bond acceptors (Lipinski definition) is 8. The molecule has 1 heterocycles. The number of ether oxygens (including phenoxy) is 1. The zero-order chi connectivity index (χ0) is 40.6.